The van der Waals surface area contributed by atoms with Crippen molar-refractivity contribution in [1.29, 1.82) is 0 Å². The molecule has 33 heavy (non-hydrogen) atoms. The first-order chi connectivity index (χ1) is 15.5. The van der Waals surface area contributed by atoms with Crippen LogP contribution in [0.3, 0.4) is 0 Å². The fraction of sp³-hybridized carbons (Fsp3) is 0.583. The SMILES string of the molecule is CC[C@H](C)[C@@H](NC(=O)[C@H](N)CC(C)C)C(=O)N[C@@H](CCC(=O)OCc1ccccc1)C(N)=O. The van der Waals surface area contributed by atoms with Gasteiger partial charge in [0, 0.05) is 6.42 Å². The molecule has 0 aromatic heterocycles. The molecule has 0 aliphatic heterocycles. The molecule has 1 aromatic rings. The number of rotatable bonds is 14. The second-order valence-corrected chi connectivity index (χ2v) is 8.76. The number of amides is 3. The van der Waals surface area contributed by atoms with Crippen LogP contribution >= 0.6 is 0 Å². The van der Waals surface area contributed by atoms with E-state index >= 15 is 0 Å². The predicted molar refractivity (Wildman–Crippen MR) is 125 cm³/mol. The Labute approximate surface area is 196 Å². The Kier molecular flexibility index (Phi) is 12.1. The number of primary amides is 1. The topological polar surface area (TPSA) is 154 Å². The molecule has 0 aliphatic carbocycles. The monoisotopic (exact) mass is 462 g/mol. The van der Waals surface area contributed by atoms with Crippen LogP contribution in [0.2, 0.25) is 0 Å². The second kappa shape index (κ2) is 14.3. The Balaban J connectivity index is 2.69. The maximum Gasteiger partial charge on any atom is 0.306 e. The van der Waals surface area contributed by atoms with E-state index in [1.807, 2.05) is 58.0 Å². The van der Waals surface area contributed by atoms with Crippen LogP contribution in [-0.4, -0.2) is 41.8 Å². The first-order valence-corrected chi connectivity index (χ1v) is 11.4. The van der Waals surface area contributed by atoms with Gasteiger partial charge in [0.25, 0.3) is 0 Å². The van der Waals surface area contributed by atoms with Crippen LogP contribution in [-0.2, 0) is 30.5 Å². The van der Waals surface area contributed by atoms with Crippen molar-refractivity contribution in [2.45, 2.75) is 78.1 Å². The van der Waals surface area contributed by atoms with Crippen molar-refractivity contribution in [3.8, 4) is 0 Å². The van der Waals surface area contributed by atoms with Crippen molar-refractivity contribution >= 4 is 23.7 Å². The third-order valence-electron chi connectivity index (χ3n) is 5.40. The number of esters is 1. The summed E-state index contributed by atoms with van der Waals surface area (Å²) >= 11 is 0. The Morgan fingerprint density at radius 3 is 2.18 bits per heavy atom. The molecule has 9 nitrogen and oxygen atoms in total. The van der Waals surface area contributed by atoms with Crippen molar-refractivity contribution < 1.29 is 23.9 Å². The highest BCUT2D eigenvalue weighted by Gasteiger charge is 2.30. The minimum Gasteiger partial charge on any atom is -0.461 e. The summed E-state index contributed by atoms with van der Waals surface area (Å²) in [5.41, 5.74) is 12.2. The van der Waals surface area contributed by atoms with Crippen LogP contribution in [0.5, 0.6) is 0 Å². The smallest absolute Gasteiger partial charge is 0.306 e. The maximum absolute atomic E-state index is 12.9. The van der Waals surface area contributed by atoms with Crippen molar-refractivity contribution in [2.75, 3.05) is 0 Å². The zero-order valence-electron chi connectivity index (χ0n) is 20.0. The van der Waals surface area contributed by atoms with Gasteiger partial charge in [-0.15, -0.1) is 0 Å². The van der Waals surface area contributed by atoms with Gasteiger partial charge in [0.1, 0.15) is 18.7 Å². The highest BCUT2D eigenvalue weighted by Crippen LogP contribution is 2.11. The summed E-state index contributed by atoms with van der Waals surface area (Å²) in [6.07, 6.45) is 0.990. The zero-order valence-corrected chi connectivity index (χ0v) is 20.0. The summed E-state index contributed by atoms with van der Waals surface area (Å²) in [5, 5.41) is 5.27. The van der Waals surface area contributed by atoms with Gasteiger partial charge in [-0.1, -0.05) is 64.4 Å². The second-order valence-electron chi connectivity index (χ2n) is 8.76. The molecule has 0 unspecified atom stereocenters. The third-order valence-corrected chi connectivity index (χ3v) is 5.40. The Bertz CT molecular complexity index is 784. The van der Waals surface area contributed by atoms with Gasteiger partial charge in [0.2, 0.25) is 17.7 Å². The Morgan fingerprint density at radius 1 is 1.00 bits per heavy atom. The molecule has 3 amide bonds. The number of hydrogen-bond donors (Lipinski definition) is 4. The fourth-order valence-corrected chi connectivity index (χ4v) is 3.20. The summed E-state index contributed by atoms with van der Waals surface area (Å²) in [7, 11) is 0. The van der Waals surface area contributed by atoms with E-state index < -0.39 is 41.8 Å². The Morgan fingerprint density at radius 2 is 1.64 bits per heavy atom. The van der Waals surface area contributed by atoms with E-state index in [4.69, 9.17) is 16.2 Å². The van der Waals surface area contributed by atoms with Gasteiger partial charge in [0.15, 0.2) is 0 Å². The molecule has 1 aromatic carbocycles. The normalized spacial score (nSPS) is 14.6. The van der Waals surface area contributed by atoms with Crippen LogP contribution in [0.4, 0.5) is 0 Å². The van der Waals surface area contributed by atoms with E-state index in [2.05, 4.69) is 10.6 Å². The molecule has 0 saturated carbocycles. The van der Waals surface area contributed by atoms with Crippen LogP contribution in [0.1, 0.15) is 58.9 Å². The minimum atomic E-state index is -1.07. The molecule has 4 atom stereocenters. The molecule has 9 heteroatoms. The maximum atomic E-state index is 12.9. The first kappa shape index (κ1) is 28.1. The highest BCUT2D eigenvalue weighted by atomic mass is 16.5. The molecule has 0 bridgehead atoms. The third kappa shape index (κ3) is 10.5. The molecular formula is C24H38N4O5. The average molecular weight is 463 g/mol. The summed E-state index contributed by atoms with van der Waals surface area (Å²) in [5.74, 6) is -2.23. The number of carbonyl (C=O) groups excluding carboxylic acids is 4. The number of benzene rings is 1. The minimum absolute atomic E-state index is 0.0112. The largest absolute Gasteiger partial charge is 0.461 e. The summed E-state index contributed by atoms with van der Waals surface area (Å²) in [6, 6.07) is 6.50. The quantitative estimate of drug-likeness (QED) is 0.306. The lowest BCUT2D eigenvalue weighted by Gasteiger charge is -2.27. The standard InChI is InChI=1S/C24H38N4O5/c1-5-16(4)21(28-23(31)18(25)13-15(2)3)24(32)27-19(22(26)30)11-12-20(29)33-14-17-9-7-6-8-10-17/h6-10,15-16,18-19,21H,5,11-14,25H2,1-4H3,(H2,26,30)(H,27,32)(H,28,31)/t16-,18+,19-,21+/m0/s1. The molecule has 184 valence electrons. The molecule has 6 N–H and O–H groups in total. The van der Waals surface area contributed by atoms with E-state index in [-0.39, 0.29) is 31.3 Å². The van der Waals surface area contributed by atoms with Gasteiger partial charge < -0.3 is 26.8 Å². The molecule has 0 fully saturated rings. The highest BCUT2D eigenvalue weighted by molar-refractivity contribution is 5.93. The zero-order chi connectivity index (χ0) is 25.0. The average Bonchev–Trinajstić information content (AvgIpc) is 2.77. The van der Waals surface area contributed by atoms with Crippen molar-refractivity contribution in [3.05, 3.63) is 35.9 Å². The molecule has 0 spiro atoms. The van der Waals surface area contributed by atoms with Gasteiger partial charge >= 0.3 is 5.97 Å². The molecule has 0 radical (unpaired) electrons. The van der Waals surface area contributed by atoms with E-state index in [1.165, 1.54) is 0 Å². The Hall–Kier alpha value is -2.94. The van der Waals surface area contributed by atoms with E-state index in [9.17, 15) is 19.2 Å². The number of nitrogens with two attached hydrogens (primary N) is 2. The lowest BCUT2D eigenvalue weighted by atomic mass is 9.96. The van der Waals surface area contributed by atoms with Crippen molar-refractivity contribution in [1.82, 2.24) is 10.6 Å². The molecule has 0 saturated heterocycles. The van der Waals surface area contributed by atoms with Crippen molar-refractivity contribution in [3.63, 3.8) is 0 Å². The molecule has 1 rings (SSSR count). The number of hydrogen-bond acceptors (Lipinski definition) is 6. The molecule has 0 heterocycles. The van der Waals surface area contributed by atoms with E-state index in [0.29, 0.717) is 12.8 Å². The number of nitrogens with one attached hydrogen (secondary N) is 2. The van der Waals surface area contributed by atoms with Gasteiger partial charge in [-0.05, 0) is 30.2 Å². The van der Waals surface area contributed by atoms with E-state index in [1.54, 1.807) is 0 Å². The van der Waals surface area contributed by atoms with Gasteiger partial charge in [0.05, 0.1) is 6.04 Å². The first-order valence-electron chi connectivity index (χ1n) is 11.4. The van der Waals surface area contributed by atoms with Crippen LogP contribution in [0.15, 0.2) is 30.3 Å². The number of ether oxygens (including phenoxy) is 1. The lowest BCUT2D eigenvalue weighted by Crippen LogP contribution is -2.57. The summed E-state index contributed by atoms with van der Waals surface area (Å²) in [4.78, 5) is 49.3. The summed E-state index contributed by atoms with van der Waals surface area (Å²) < 4.78 is 5.20. The van der Waals surface area contributed by atoms with Gasteiger partial charge in [-0.2, -0.15) is 0 Å². The fourth-order valence-electron chi connectivity index (χ4n) is 3.20. The molecular weight excluding hydrogens is 424 g/mol. The predicted octanol–water partition coefficient (Wildman–Crippen LogP) is 1.38. The van der Waals surface area contributed by atoms with Crippen LogP contribution < -0.4 is 22.1 Å². The van der Waals surface area contributed by atoms with Crippen LogP contribution in [0.25, 0.3) is 0 Å². The number of carbonyl (C=O) groups is 4. The molecule has 0 aliphatic rings. The van der Waals surface area contributed by atoms with E-state index in [0.717, 1.165) is 5.56 Å². The van der Waals surface area contributed by atoms with Crippen molar-refractivity contribution in [2.24, 2.45) is 23.3 Å². The van der Waals surface area contributed by atoms with Crippen LogP contribution in [0, 0.1) is 11.8 Å². The van der Waals surface area contributed by atoms with Gasteiger partial charge in [-0.3, -0.25) is 19.2 Å². The van der Waals surface area contributed by atoms with Gasteiger partial charge in [-0.25, -0.2) is 0 Å². The lowest BCUT2D eigenvalue weighted by molar-refractivity contribution is -0.145. The summed E-state index contributed by atoms with van der Waals surface area (Å²) in [6.45, 7) is 7.73.